The van der Waals surface area contributed by atoms with Crippen molar-refractivity contribution in [1.29, 1.82) is 0 Å². The van der Waals surface area contributed by atoms with Crippen LogP contribution in [-0.2, 0) is 10.0 Å². The van der Waals surface area contributed by atoms with Gasteiger partial charge in [0.1, 0.15) is 0 Å². The summed E-state index contributed by atoms with van der Waals surface area (Å²) in [5.74, 6) is 6.76. The summed E-state index contributed by atoms with van der Waals surface area (Å²) in [6, 6.07) is 0. The second kappa shape index (κ2) is 4.84. The van der Waals surface area contributed by atoms with E-state index in [0.29, 0.717) is 19.0 Å². The largest absolute Gasteiger partial charge is 0.291 e. The van der Waals surface area contributed by atoms with Gasteiger partial charge in [0.05, 0.1) is 12.8 Å². The first-order valence-corrected chi connectivity index (χ1v) is 8.31. The van der Waals surface area contributed by atoms with E-state index in [2.05, 4.69) is 30.6 Å². The number of hydrogen-bond acceptors (Lipinski definition) is 3. The fraction of sp³-hybridized carbons (Fsp3) is 0.846. The lowest BCUT2D eigenvalue weighted by atomic mass is 9.79. The highest BCUT2D eigenvalue weighted by molar-refractivity contribution is 7.88. The second-order valence-electron chi connectivity index (χ2n) is 5.97. The molecule has 0 amide bonds. The van der Waals surface area contributed by atoms with Gasteiger partial charge >= 0.3 is 0 Å². The quantitative estimate of drug-likeness (QED) is 0.691. The minimum Gasteiger partial charge on any atom is -0.291 e. The molecule has 102 valence electrons. The average Bonchev–Trinajstić information content (AvgIpc) is 2.60. The van der Waals surface area contributed by atoms with Gasteiger partial charge in [-0.25, -0.2) is 12.7 Å². The maximum atomic E-state index is 11.5. The van der Waals surface area contributed by atoms with Crippen molar-refractivity contribution in [3.63, 3.8) is 0 Å². The number of sulfonamides is 1. The Balaban J connectivity index is 1.81. The molecule has 4 nitrogen and oxygen atoms in total. The summed E-state index contributed by atoms with van der Waals surface area (Å²) < 4.78 is 24.6. The van der Waals surface area contributed by atoms with Crippen LogP contribution in [0, 0.1) is 23.2 Å². The van der Waals surface area contributed by atoms with E-state index >= 15 is 0 Å². The molecular formula is C13H22N2O2S. The van der Waals surface area contributed by atoms with E-state index in [1.807, 2.05) is 0 Å². The van der Waals surface area contributed by atoms with Crippen LogP contribution in [0.15, 0.2) is 0 Å². The molecule has 0 unspecified atom stereocenters. The van der Waals surface area contributed by atoms with Crippen molar-refractivity contribution in [2.45, 2.75) is 20.3 Å². The molecular weight excluding hydrogens is 248 g/mol. The molecule has 0 saturated carbocycles. The van der Waals surface area contributed by atoms with Gasteiger partial charge < -0.3 is 0 Å². The molecule has 0 N–H and O–H groups in total. The van der Waals surface area contributed by atoms with Crippen molar-refractivity contribution in [2.75, 3.05) is 39.0 Å². The summed E-state index contributed by atoms with van der Waals surface area (Å²) in [7, 11) is -3.01. The minimum absolute atomic E-state index is 0.211. The first kappa shape index (κ1) is 13.9. The third-order valence-corrected chi connectivity index (χ3v) is 4.93. The molecule has 2 fully saturated rings. The van der Waals surface area contributed by atoms with Crippen LogP contribution in [-0.4, -0.2) is 56.6 Å². The van der Waals surface area contributed by atoms with E-state index in [1.165, 1.54) is 6.26 Å². The lowest BCUT2D eigenvalue weighted by Gasteiger charge is -2.47. The lowest BCUT2D eigenvalue weighted by Crippen LogP contribution is -2.57. The van der Waals surface area contributed by atoms with Crippen LogP contribution in [0.2, 0.25) is 0 Å². The predicted octanol–water partition coefficient (Wildman–Crippen LogP) is 0.613. The number of likely N-dealkylation sites (tertiary alicyclic amines) is 1. The molecule has 2 aliphatic heterocycles. The lowest BCUT2D eigenvalue weighted by molar-refractivity contribution is 0.0248. The smallest absolute Gasteiger partial charge is 0.211 e. The zero-order valence-electron chi connectivity index (χ0n) is 11.4. The highest BCUT2D eigenvalue weighted by Crippen LogP contribution is 2.39. The minimum atomic E-state index is -3.01. The first-order valence-electron chi connectivity index (χ1n) is 6.47. The zero-order valence-corrected chi connectivity index (χ0v) is 12.3. The van der Waals surface area contributed by atoms with E-state index in [-0.39, 0.29) is 5.41 Å². The van der Waals surface area contributed by atoms with E-state index < -0.39 is 10.0 Å². The molecule has 5 heteroatoms. The summed E-state index contributed by atoms with van der Waals surface area (Å²) in [5, 5.41) is 0. The summed E-state index contributed by atoms with van der Waals surface area (Å²) in [6.07, 6.45) is 2.30. The molecule has 2 rings (SSSR count). The van der Waals surface area contributed by atoms with Crippen molar-refractivity contribution < 1.29 is 8.42 Å². The Labute approximate surface area is 110 Å². The molecule has 2 heterocycles. The van der Waals surface area contributed by atoms with Crippen LogP contribution >= 0.6 is 0 Å². The van der Waals surface area contributed by atoms with Gasteiger partial charge in [0, 0.05) is 37.5 Å². The van der Waals surface area contributed by atoms with Gasteiger partial charge in [-0.3, -0.25) is 4.90 Å². The monoisotopic (exact) mass is 270 g/mol. The van der Waals surface area contributed by atoms with Gasteiger partial charge in [0.15, 0.2) is 0 Å². The summed E-state index contributed by atoms with van der Waals surface area (Å²) >= 11 is 0. The molecule has 2 saturated heterocycles. The second-order valence-corrected chi connectivity index (χ2v) is 7.95. The molecule has 0 aromatic rings. The normalized spacial score (nSPS) is 24.0. The number of rotatable bonds is 2. The first-order chi connectivity index (χ1) is 8.31. The Morgan fingerprint density at radius 1 is 1.28 bits per heavy atom. The van der Waals surface area contributed by atoms with Gasteiger partial charge in [0.25, 0.3) is 0 Å². The van der Waals surface area contributed by atoms with E-state index in [4.69, 9.17) is 0 Å². The molecule has 0 radical (unpaired) electrons. The Hall–Kier alpha value is -0.570. The maximum Gasteiger partial charge on any atom is 0.211 e. The number of nitrogens with zero attached hydrogens (tertiary/aromatic N) is 2. The Kier molecular flexibility index (Phi) is 3.72. The molecule has 1 spiro atoms. The van der Waals surface area contributed by atoms with Crippen molar-refractivity contribution >= 4 is 10.0 Å². The molecule has 0 bridgehead atoms. The van der Waals surface area contributed by atoms with Crippen molar-refractivity contribution in [3.8, 4) is 11.8 Å². The van der Waals surface area contributed by atoms with E-state index in [0.717, 1.165) is 26.1 Å². The fourth-order valence-electron chi connectivity index (χ4n) is 2.81. The standard InChI is InChI=1S/C13H22N2O2S/c1-12(2)5-4-7-14-9-13(10-14)6-8-15(11-13)18(3,16)17/h12H,6-11H2,1-3H3. The van der Waals surface area contributed by atoms with E-state index in [9.17, 15) is 8.42 Å². The predicted molar refractivity (Wildman–Crippen MR) is 72.5 cm³/mol. The van der Waals surface area contributed by atoms with E-state index in [1.54, 1.807) is 4.31 Å². The Morgan fingerprint density at radius 3 is 2.44 bits per heavy atom. The van der Waals surface area contributed by atoms with Crippen molar-refractivity contribution in [3.05, 3.63) is 0 Å². The van der Waals surface area contributed by atoms with Crippen LogP contribution in [0.1, 0.15) is 20.3 Å². The highest BCUT2D eigenvalue weighted by Gasteiger charge is 2.48. The number of hydrogen-bond donors (Lipinski definition) is 0. The molecule has 0 atom stereocenters. The van der Waals surface area contributed by atoms with Crippen LogP contribution in [0.5, 0.6) is 0 Å². The average molecular weight is 270 g/mol. The molecule has 0 aromatic heterocycles. The summed E-state index contributed by atoms with van der Waals surface area (Å²) in [6.45, 7) is 8.36. The van der Waals surface area contributed by atoms with Crippen LogP contribution in [0.25, 0.3) is 0 Å². The van der Waals surface area contributed by atoms with Gasteiger partial charge in [-0.2, -0.15) is 0 Å². The summed E-state index contributed by atoms with van der Waals surface area (Å²) in [5.41, 5.74) is 0.211. The molecule has 18 heavy (non-hydrogen) atoms. The summed E-state index contributed by atoms with van der Waals surface area (Å²) in [4.78, 5) is 2.31. The topological polar surface area (TPSA) is 40.6 Å². The van der Waals surface area contributed by atoms with Crippen molar-refractivity contribution in [2.24, 2.45) is 11.3 Å². The molecule has 2 aliphatic rings. The Bertz CT molecular complexity index is 467. The van der Waals surface area contributed by atoms with Gasteiger partial charge in [-0.1, -0.05) is 25.7 Å². The van der Waals surface area contributed by atoms with Crippen LogP contribution in [0.4, 0.5) is 0 Å². The van der Waals surface area contributed by atoms with Gasteiger partial charge in [-0.05, 0) is 6.42 Å². The highest BCUT2D eigenvalue weighted by atomic mass is 32.2. The van der Waals surface area contributed by atoms with Crippen LogP contribution < -0.4 is 0 Å². The Morgan fingerprint density at radius 2 is 1.94 bits per heavy atom. The molecule has 0 aromatic carbocycles. The SMILES string of the molecule is CC(C)C#CCN1CC2(CCN(S(C)(=O)=O)C2)C1. The molecule has 0 aliphatic carbocycles. The third-order valence-electron chi connectivity index (χ3n) is 3.68. The maximum absolute atomic E-state index is 11.5. The van der Waals surface area contributed by atoms with Crippen molar-refractivity contribution in [1.82, 2.24) is 9.21 Å². The third kappa shape index (κ3) is 3.05. The fourth-order valence-corrected chi connectivity index (χ4v) is 3.74. The van der Waals surface area contributed by atoms with Gasteiger partial charge in [0.2, 0.25) is 10.0 Å². The van der Waals surface area contributed by atoms with Gasteiger partial charge in [-0.15, -0.1) is 0 Å². The zero-order chi connectivity index (χ0) is 13.4. The van der Waals surface area contributed by atoms with Crippen LogP contribution in [0.3, 0.4) is 0 Å².